The van der Waals surface area contributed by atoms with Crippen LogP contribution in [-0.4, -0.2) is 70.0 Å². The van der Waals surface area contributed by atoms with Crippen LogP contribution in [-0.2, 0) is 24.5 Å². The van der Waals surface area contributed by atoms with E-state index in [0.717, 1.165) is 22.5 Å². The second kappa shape index (κ2) is 6.52. The molecule has 1 aromatic carbocycles. The lowest BCUT2D eigenvalue weighted by Crippen LogP contribution is -2.47. The van der Waals surface area contributed by atoms with Gasteiger partial charge in [0.25, 0.3) is 11.8 Å². The molecular weight excluding hydrogens is 356 g/mol. The number of nitrogens with zero attached hydrogens (tertiary/aromatic N) is 2. The number of carbonyl (C=O) groups is 2. The van der Waals surface area contributed by atoms with Gasteiger partial charge in [0, 0.05) is 25.6 Å². The summed E-state index contributed by atoms with van der Waals surface area (Å²) in [5.74, 6) is -2.06. The van der Waals surface area contributed by atoms with Crippen LogP contribution in [0.2, 0.25) is 0 Å². The monoisotopic (exact) mass is 374 g/mol. The van der Waals surface area contributed by atoms with Gasteiger partial charge in [-0.05, 0) is 18.6 Å². The van der Waals surface area contributed by atoms with Crippen molar-refractivity contribution in [2.24, 2.45) is 0 Å². The minimum atomic E-state index is -3.62. The van der Waals surface area contributed by atoms with E-state index in [-0.39, 0.29) is 23.5 Å². The first-order chi connectivity index (χ1) is 11.0. The molecule has 24 heavy (non-hydrogen) atoms. The normalized spacial score (nSPS) is 15.6. The molecule has 0 radical (unpaired) electrons. The van der Waals surface area contributed by atoms with E-state index in [0.29, 0.717) is 6.42 Å². The van der Waals surface area contributed by atoms with E-state index < -0.39 is 37.2 Å². The van der Waals surface area contributed by atoms with Crippen LogP contribution < -0.4 is 0 Å². The van der Waals surface area contributed by atoms with Gasteiger partial charge in [-0.25, -0.2) is 21.8 Å². The first kappa shape index (κ1) is 18.4. The first-order valence-electron chi connectivity index (χ1n) is 7.09. The fraction of sp³-hybridized carbons (Fsp3) is 0.429. The van der Waals surface area contributed by atoms with E-state index in [9.17, 15) is 26.4 Å². The van der Waals surface area contributed by atoms with Crippen LogP contribution in [0.3, 0.4) is 0 Å². The van der Waals surface area contributed by atoms with Crippen LogP contribution in [0.15, 0.2) is 29.2 Å². The summed E-state index contributed by atoms with van der Waals surface area (Å²) in [7, 11) is -7.15. The predicted octanol–water partition coefficient (Wildman–Crippen LogP) is -0.276. The Bertz CT molecular complexity index is 876. The molecule has 0 atom stereocenters. The second-order valence-electron chi connectivity index (χ2n) is 5.64. The Morgan fingerprint density at radius 1 is 1.00 bits per heavy atom. The summed E-state index contributed by atoms with van der Waals surface area (Å²) in [4.78, 5) is 24.7. The lowest BCUT2D eigenvalue weighted by atomic mass is 10.2. The minimum absolute atomic E-state index is 0.0425. The van der Waals surface area contributed by atoms with Crippen molar-refractivity contribution in [2.75, 3.05) is 31.4 Å². The number of hydrogen-bond acceptors (Lipinski definition) is 6. The van der Waals surface area contributed by atoms with Crippen molar-refractivity contribution in [3.8, 4) is 0 Å². The number of carbonyl (C=O) groups excluding carboxylic acids is 2. The van der Waals surface area contributed by atoms with Crippen molar-refractivity contribution in [3.63, 3.8) is 0 Å². The molecule has 0 unspecified atom stereocenters. The van der Waals surface area contributed by atoms with Gasteiger partial charge in [-0.1, -0.05) is 12.1 Å². The molecule has 0 saturated carbocycles. The summed E-state index contributed by atoms with van der Waals surface area (Å²) in [6.07, 6.45) is 2.42. The largest absolute Gasteiger partial charge is 0.273 e. The summed E-state index contributed by atoms with van der Waals surface area (Å²) >= 11 is 0. The van der Waals surface area contributed by atoms with Crippen LogP contribution in [0.4, 0.5) is 0 Å². The highest BCUT2D eigenvalue weighted by atomic mass is 32.2. The zero-order valence-corrected chi connectivity index (χ0v) is 14.9. The Hall–Kier alpha value is -1.94. The molecule has 1 saturated heterocycles. The topological polar surface area (TPSA) is 109 Å². The first-order valence-corrected chi connectivity index (χ1v) is 11.0. The van der Waals surface area contributed by atoms with E-state index >= 15 is 0 Å². The third-order valence-electron chi connectivity index (χ3n) is 3.46. The molecule has 132 valence electrons. The maximum absolute atomic E-state index is 12.7. The Kier molecular flexibility index (Phi) is 5.00. The Morgan fingerprint density at radius 2 is 1.58 bits per heavy atom. The number of sulfone groups is 2. The predicted molar refractivity (Wildman–Crippen MR) is 86.6 cm³/mol. The molecule has 1 heterocycles. The lowest BCUT2D eigenvalue weighted by Gasteiger charge is -2.28. The van der Waals surface area contributed by atoms with Gasteiger partial charge in [-0.2, -0.15) is 0 Å². The molecule has 1 aliphatic heterocycles. The zero-order valence-electron chi connectivity index (χ0n) is 13.3. The van der Waals surface area contributed by atoms with E-state index in [1.807, 2.05) is 0 Å². The summed E-state index contributed by atoms with van der Waals surface area (Å²) in [5, 5.41) is 2.18. The highest BCUT2D eigenvalue weighted by Gasteiger charge is 2.34. The van der Waals surface area contributed by atoms with E-state index in [4.69, 9.17) is 0 Å². The molecule has 1 aliphatic rings. The van der Waals surface area contributed by atoms with Crippen LogP contribution in [0.1, 0.15) is 16.8 Å². The maximum Gasteiger partial charge on any atom is 0.273 e. The molecule has 1 aromatic rings. The second-order valence-corrected chi connectivity index (χ2v) is 9.76. The van der Waals surface area contributed by atoms with Crippen molar-refractivity contribution < 1.29 is 26.4 Å². The average Bonchev–Trinajstić information content (AvgIpc) is 2.93. The van der Waals surface area contributed by atoms with Gasteiger partial charge in [0.2, 0.25) is 0 Å². The standard InChI is InChI=1S/C14H18N2O6S2/c1-23(19,20)10-13(17)15-8-5-9-16(15)14(18)11-6-3-4-7-12(11)24(2,21)22/h3-4,6-7H,5,8-10H2,1-2H3. The van der Waals surface area contributed by atoms with Gasteiger partial charge in [-0.15, -0.1) is 0 Å². The molecule has 1 fully saturated rings. The SMILES string of the molecule is CS(=O)(=O)CC(=O)N1CCCN1C(=O)c1ccccc1S(C)(=O)=O. The van der Waals surface area contributed by atoms with Crippen LogP contribution >= 0.6 is 0 Å². The summed E-state index contributed by atoms with van der Waals surface area (Å²) < 4.78 is 46.3. The van der Waals surface area contributed by atoms with Crippen LogP contribution in [0.5, 0.6) is 0 Å². The van der Waals surface area contributed by atoms with Crippen molar-refractivity contribution in [3.05, 3.63) is 29.8 Å². The Morgan fingerprint density at radius 3 is 2.17 bits per heavy atom. The van der Waals surface area contributed by atoms with Gasteiger partial charge in [0.05, 0.1) is 10.5 Å². The Labute approximate surface area is 140 Å². The third-order valence-corrected chi connectivity index (χ3v) is 5.38. The van der Waals surface area contributed by atoms with Crippen molar-refractivity contribution in [2.45, 2.75) is 11.3 Å². The van der Waals surface area contributed by atoms with E-state index in [1.165, 1.54) is 24.3 Å². The molecule has 0 spiro atoms. The number of amides is 2. The fourth-order valence-electron chi connectivity index (χ4n) is 2.49. The molecule has 2 rings (SSSR count). The fourth-order valence-corrected chi connectivity index (χ4v) is 3.96. The maximum atomic E-state index is 12.7. The van der Waals surface area contributed by atoms with Crippen molar-refractivity contribution in [1.82, 2.24) is 10.0 Å². The summed E-state index contributed by atoms with van der Waals surface area (Å²) in [6, 6.07) is 5.72. The minimum Gasteiger partial charge on any atom is -0.272 e. The Balaban J connectivity index is 2.35. The lowest BCUT2D eigenvalue weighted by molar-refractivity contribution is -0.137. The average molecular weight is 374 g/mol. The number of rotatable bonds is 4. The molecule has 0 bridgehead atoms. The third kappa shape index (κ3) is 4.12. The molecule has 0 aromatic heterocycles. The van der Waals surface area contributed by atoms with Gasteiger partial charge in [0.1, 0.15) is 5.75 Å². The van der Waals surface area contributed by atoms with E-state index in [1.54, 1.807) is 0 Å². The van der Waals surface area contributed by atoms with Crippen LogP contribution in [0.25, 0.3) is 0 Å². The van der Waals surface area contributed by atoms with Crippen molar-refractivity contribution >= 4 is 31.5 Å². The highest BCUT2D eigenvalue weighted by Crippen LogP contribution is 2.21. The molecule has 2 amide bonds. The molecule has 8 nitrogen and oxygen atoms in total. The van der Waals surface area contributed by atoms with Gasteiger partial charge in [-0.3, -0.25) is 14.6 Å². The van der Waals surface area contributed by atoms with Gasteiger partial charge < -0.3 is 0 Å². The quantitative estimate of drug-likeness (QED) is 0.717. The zero-order chi connectivity index (χ0) is 18.1. The number of hydrogen-bond donors (Lipinski definition) is 0. The van der Waals surface area contributed by atoms with Crippen LogP contribution in [0, 0.1) is 0 Å². The number of benzene rings is 1. The van der Waals surface area contributed by atoms with Gasteiger partial charge >= 0.3 is 0 Å². The molecule has 0 N–H and O–H groups in total. The molecular formula is C14H18N2O6S2. The summed E-state index contributed by atoms with van der Waals surface area (Å²) in [6.45, 7) is 0.424. The smallest absolute Gasteiger partial charge is 0.272 e. The summed E-state index contributed by atoms with van der Waals surface area (Å²) in [5.41, 5.74) is -0.0425. The van der Waals surface area contributed by atoms with Crippen molar-refractivity contribution in [1.29, 1.82) is 0 Å². The molecule has 10 heteroatoms. The molecule has 0 aliphatic carbocycles. The number of hydrazine groups is 1. The van der Waals surface area contributed by atoms with E-state index in [2.05, 4.69) is 0 Å². The van der Waals surface area contributed by atoms with Gasteiger partial charge in [0.15, 0.2) is 19.7 Å². The highest BCUT2D eigenvalue weighted by molar-refractivity contribution is 7.91.